The molecule has 0 bridgehead atoms. The minimum atomic E-state index is -4.49. The maximum atomic E-state index is 9.75. The number of benzene rings is 1. The summed E-state index contributed by atoms with van der Waals surface area (Å²) in [6.07, 6.45) is -0.0654. The van der Waals surface area contributed by atoms with Gasteiger partial charge in [-0.25, -0.2) is 0 Å². The number of rotatable bonds is 3. The summed E-state index contributed by atoms with van der Waals surface area (Å²) in [4.78, 5) is 29.3. The summed E-state index contributed by atoms with van der Waals surface area (Å²) in [7, 11) is -4.49. The molecule has 14 heavy (non-hydrogen) atoms. The molecule has 1 aromatic rings. The quantitative estimate of drug-likeness (QED) is 0.676. The molecule has 0 fully saturated rings. The summed E-state index contributed by atoms with van der Waals surface area (Å²) in [6.45, 7) is 3.22. The Morgan fingerprint density at radius 3 is 2.00 bits per heavy atom. The van der Waals surface area contributed by atoms with Gasteiger partial charge in [-0.05, 0) is 0 Å². The van der Waals surface area contributed by atoms with Gasteiger partial charge in [-0.2, -0.15) is 0 Å². The molecule has 1 rings (SSSR count). The molecule has 0 radical (unpaired) electrons. The molecule has 3 nitrogen and oxygen atoms in total. The normalized spacial score (nSPS) is 15.1. The molecule has 3 N–H and O–H groups in total. The van der Waals surface area contributed by atoms with Crippen molar-refractivity contribution in [3.05, 3.63) is 35.9 Å². The average molecular weight is 216 g/mol. The second-order valence-corrected chi connectivity index (χ2v) is 7.75. The molecule has 0 aliphatic heterocycles. The monoisotopic (exact) mass is 216 g/mol. The Bertz CT molecular complexity index is 300. The van der Waals surface area contributed by atoms with Gasteiger partial charge in [0.05, 0.1) is 0 Å². The molecule has 0 spiro atoms. The van der Waals surface area contributed by atoms with E-state index in [9.17, 15) is 14.7 Å². The predicted octanol–water partition coefficient (Wildman–Crippen LogP) is 1.87. The van der Waals surface area contributed by atoms with Crippen LogP contribution < -0.4 is 0 Å². The Hall–Kier alpha value is -0.470. The van der Waals surface area contributed by atoms with Gasteiger partial charge < -0.3 is 0 Å². The fourth-order valence-electron chi connectivity index (χ4n) is 1.12. The van der Waals surface area contributed by atoms with Crippen LogP contribution in [0.15, 0.2) is 30.3 Å². The average Bonchev–Trinajstić information content (AvgIpc) is 2.03. The summed E-state index contributed by atoms with van der Waals surface area (Å²) in [5, 5.41) is 0. The third-order valence-electron chi connectivity index (χ3n) is 2.39. The summed E-state index contributed by atoms with van der Waals surface area (Å²) in [5.74, 6) is 0. The fourth-order valence-corrected chi connectivity index (χ4v) is 2.39. The molecule has 0 aromatic heterocycles. The summed E-state index contributed by atoms with van der Waals surface area (Å²) in [5.41, 5.74) is 0.215. The van der Waals surface area contributed by atoms with Gasteiger partial charge in [-0.15, -0.1) is 0 Å². The molecule has 0 aliphatic rings. The molecule has 4 heteroatoms. The van der Waals surface area contributed by atoms with E-state index in [4.69, 9.17) is 0 Å². The zero-order valence-corrected chi connectivity index (χ0v) is 9.35. The van der Waals surface area contributed by atoms with E-state index in [1.807, 2.05) is 18.2 Å². The Morgan fingerprint density at radius 2 is 1.57 bits per heavy atom. The van der Waals surface area contributed by atoms with Gasteiger partial charge in [-0.1, -0.05) is 0 Å². The maximum absolute atomic E-state index is 9.75. The van der Waals surface area contributed by atoms with E-state index >= 15 is 0 Å². The molecule has 0 amide bonds. The van der Waals surface area contributed by atoms with Crippen LogP contribution in [0.1, 0.15) is 19.4 Å². The summed E-state index contributed by atoms with van der Waals surface area (Å²) < 4.78 is 0. The summed E-state index contributed by atoms with van der Waals surface area (Å²) in [6, 6.07) is 9.00. The second-order valence-electron chi connectivity index (χ2n) is 3.96. The molecular weight excluding hydrogens is 199 g/mol. The first-order chi connectivity index (χ1) is 6.30. The molecule has 0 saturated carbocycles. The Morgan fingerprint density at radius 1 is 1.07 bits per heavy atom. The molecule has 0 heterocycles. The molecule has 0 atom stereocenters. The van der Waals surface area contributed by atoms with E-state index in [1.165, 1.54) is 0 Å². The van der Waals surface area contributed by atoms with Crippen molar-refractivity contribution in [1.29, 1.82) is 0 Å². The van der Waals surface area contributed by atoms with Crippen molar-refractivity contribution < 1.29 is 14.7 Å². The third kappa shape index (κ3) is 2.76. The first-order valence-electron chi connectivity index (χ1n) is 4.59. The van der Waals surface area contributed by atoms with E-state index in [1.54, 1.807) is 26.0 Å². The van der Waals surface area contributed by atoms with Gasteiger partial charge in [0.25, 0.3) is 0 Å². The Balaban J connectivity index is 2.88. The van der Waals surface area contributed by atoms with E-state index < -0.39 is 12.9 Å². The van der Waals surface area contributed by atoms with Crippen molar-refractivity contribution in [3.63, 3.8) is 0 Å². The van der Waals surface area contributed by atoms with Crippen molar-refractivity contribution >= 4 is 7.28 Å². The third-order valence-corrected chi connectivity index (χ3v) is 5.47. The molecule has 80 valence electrons. The van der Waals surface area contributed by atoms with Gasteiger partial charge in [0.15, 0.2) is 0 Å². The van der Waals surface area contributed by atoms with Gasteiger partial charge >= 0.3 is 83.5 Å². The van der Waals surface area contributed by atoms with Gasteiger partial charge in [0.1, 0.15) is 0 Å². The molecule has 0 aliphatic carbocycles. The molecule has 0 unspecified atom stereocenters. The molecule has 1 aromatic carbocycles. The van der Waals surface area contributed by atoms with Crippen molar-refractivity contribution in [3.8, 4) is 0 Å². The van der Waals surface area contributed by atoms with Crippen LogP contribution in [-0.4, -0.2) is 20.3 Å². The standard InChI is InChI=1S/C10H17O3P/c1-9(2)14(11,12,13)8-10-6-4-3-5-7-10/h3-7,9,11-13H,8H2,1-2H3. The second kappa shape index (κ2) is 3.59. The van der Waals surface area contributed by atoms with Crippen molar-refractivity contribution in [2.45, 2.75) is 25.7 Å². The first kappa shape index (κ1) is 11.6. The van der Waals surface area contributed by atoms with Crippen LogP contribution in [0.25, 0.3) is 0 Å². The van der Waals surface area contributed by atoms with Crippen molar-refractivity contribution in [2.24, 2.45) is 0 Å². The van der Waals surface area contributed by atoms with Crippen LogP contribution in [0.5, 0.6) is 0 Å². The van der Waals surface area contributed by atoms with E-state index in [2.05, 4.69) is 0 Å². The van der Waals surface area contributed by atoms with Crippen LogP contribution in [0.3, 0.4) is 0 Å². The Labute approximate surface area is 84.2 Å². The van der Waals surface area contributed by atoms with Crippen LogP contribution in [-0.2, 0) is 6.16 Å². The van der Waals surface area contributed by atoms with Crippen molar-refractivity contribution in [2.75, 3.05) is 0 Å². The van der Waals surface area contributed by atoms with Crippen molar-refractivity contribution in [1.82, 2.24) is 0 Å². The Kier molecular flexibility index (Phi) is 2.98. The van der Waals surface area contributed by atoms with Crippen LogP contribution in [0.2, 0.25) is 0 Å². The number of hydrogen-bond donors (Lipinski definition) is 3. The minimum absolute atomic E-state index is 0.0654. The van der Waals surface area contributed by atoms with Crippen LogP contribution in [0, 0.1) is 0 Å². The van der Waals surface area contributed by atoms with Crippen LogP contribution in [0.4, 0.5) is 0 Å². The first-order valence-corrected chi connectivity index (χ1v) is 6.94. The zero-order chi connectivity index (χ0) is 10.8. The topological polar surface area (TPSA) is 60.7 Å². The zero-order valence-electron chi connectivity index (χ0n) is 8.46. The van der Waals surface area contributed by atoms with E-state index in [0.717, 1.165) is 5.56 Å². The predicted molar refractivity (Wildman–Crippen MR) is 58.9 cm³/mol. The van der Waals surface area contributed by atoms with Gasteiger partial charge in [-0.3, -0.25) is 0 Å². The number of hydrogen-bond acceptors (Lipinski definition) is 3. The SMILES string of the molecule is CC(C)P(O)(O)(O)Cc1ccccc1. The van der Waals surface area contributed by atoms with Gasteiger partial charge in [0, 0.05) is 0 Å². The van der Waals surface area contributed by atoms with E-state index in [0.29, 0.717) is 0 Å². The molecule has 0 saturated heterocycles. The van der Waals surface area contributed by atoms with E-state index in [-0.39, 0.29) is 6.16 Å². The summed E-state index contributed by atoms with van der Waals surface area (Å²) >= 11 is 0. The fraction of sp³-hybridized carbons (Fsp3) is 0.400. The van der Waals surface area contributed by atoms with Gasteiger partial charge in [0.2, 0.25) is 0 Å². The molecular formula is C10H17O3P. The van der Waals surface area contributed by atoms with Crippen LogP contribution >= 0.6 is 7.28 Å².